The van der Waals surface area contributed by atoms with Gasteiger partial charge in [-0.25, -0.2) is 0 Å². The van der Waals surface area contributed by atoms with Gasteiger partial charge in [-0.2, -0.15) is 0 Å². The van der Waals surface area contributed by atoms with Gasteiger partial charge in [0.2, 0.25) is 0 Å². The summed E-state index contributed by atoms with van der Waals surface area (Å²) in [6.45, 7) is 3.11. The second-order valence-electron chi connectivity index (χ2n) is 3.65. The van der Waals surface area contributed by atoms with E-state index in [-0.39, 0.29) is 0 Å². The van der Waals surface area contributed by atoms with Crippen molar-refractivity contribution in [3.63, 3.8) is 0 Å². The van der Waals surface area contributed by atoms with Crippen LogP contribution < -0.4 is 22.9 Å². The van der Waals surface area contributed by atoms with E-state index in [1.807, 2.05) is 0 Å². The Morgan fingerprint density at radius 2 is 0.769 bits per heavy atom. The van der Waals surface area contributed by atoms with Crippen LogP contribution in [0.15, 0.2) is 0 Å². The Morgan fingerprint density at radius 1 is 0.538 bits per heavy atom. The van der Waals surface area contributed by atoms with Crippen molar-refractivity contribution in [2.75, 3.05) is 26.2 Å². The van der Waals surface area contributed by atoms with E-state index in [1.54, 1.807) is 0 Å². The third-order valence-corrected chi connectivity index (χ3v) is 14.0. The average Bonchev–Trinajstić information content (AvgIpc) is 2.06. The predicted molar refractivity (Wildman–Crippen MR) is 61.2 cm³/mol. The summed E-state index contributed by atoms with van der Waals surface area (Å²) in [4.78, 5) is 0. The van der Waals surface area contributed by atoms with Crippen molar-refractivity contribution in [3.05, 3.63) is 0 Å². The molecule has 0 fully saturated rings. The van der Waals surface area contributed by atoms with Gasteiger partial charge in [-0.05, 0) is 0 Å². The zero-order valence-corrected chi connectivity index (χ0v) is 10.6. The zero-order chi connectivity index (χ0) is 10.2. The fourth-order valence-corrected chi connectivity index (χ4v) is 10.3. The van der Waals surface area contributed by atoms with Gasteiger partial charge in [0.25, 0.3) is 0 Å². The van der Waals surface area contributed by atoms with Crippen molar-refractivity contribution in [2.45, 2.75) is 21.0 Å². The van der Waals surface area contributed by atoms with Crippen molar-refractivity contribution in [1.29, 1.82) is 0 Å². The van der Waals surface area contributed by atoms with Gasteiger partial charge in [-0.15, -0.1) is 0 Å². The van der Waals surface area contributed by atoms with Gasteiger partial charge in [0.1, 0.15) is 0 Å². The minimum atomic E-state index is -1.82. The van der Waals surface area contributed by atoms with E-state index in [2.05, 4.69) is 0 Å². The van der Waals surface area contributed by atoms with Crippen LogP contribution >= 0.6 is 0 Å². The predicted octanol–water partition coefficient (Wildman–Crippen LogP) is -0.730. The van der Waals surface area contributed by atoms with Gasteiger partial charge in [-0.1, -0.05) is 0 Å². The molecule has 0 radical (unpaired) electrons. The van der Waals surface area contributed by atoms with Gasteiger partial charge in [-0.3, -0.25) is 0 Å². The Morgan fingerprint density at radius 3 is 0.923 bits per heavy atom. The molecule has 0 aromatic rings. The number of rotatable bonds is 8. The Hall–Kier alpha value is 0.383. The van der Waals surface area contributed by atoms with Crippen LogP contribution in [0.3, 0.4) is 0 Å². The van der Waals surface area contributed by atoms with Gasteiger partial charge < -0.3 is 0 Å². The molecule has 0 saturated carbocycles. The summed E-state index contributed by atoms with van der Waals surface area (Å²) < 4.78 is 0. The first kappa shape index (κ1) is 13.4. The first-order valence-corrected chi connectivity index (χ1v) is 11.0. The van der Waals surface area contributed by atoms with E-state index < -0.39 is 13.3 Å². The monoisotopic (exact) mass is 250 g/mol. The van der Waals surface area contributed by atoms with Crippen LogP contribution in [-0.4, -0.2) is 39.4 Å². The van der Waals surface area contributed by atoms with Crippen LogP contribution in [0.4, 0.5) is 0 Å². The van der Waals surface area contributed by atoms with Gasteiger partial charge >= 0.3 is 83.4 Å². The second kappa shape index (κ2) is 7.76. The molecule has 0 saturated heterocycles. The molecule has 0 aromatic heterocycles. The van der Waals surface area contributed by atoms with Gasteiger partial charge in [0.05, 0.1) is 0 Å². The molecule has 80 valence electrons. The fourth-order valence-electron chi connectivity index (χ4n) is 1.97. The van der Waals surface area contributed by atoms with Crippen molar-refractivity contribution >= 4 is 13.3 Å². The van der Waals surface area contributed by atoms with Crippen LogP contribution in [-0.2, 0) is 0 Å². The SMILES string of the molecule is NC[CH2][Ge]([CH2]CN)([CH2]CN)[CH2]CN. The van der Waals surface area contributed by atoms with E-state index in [1.165, 1.54) is 21.0 Å². The first-order chi connectivity index (χ1) is 6.24. The molecule has 8 N–H and O–H groups in total. The van der Waals surface area contributed by atoms with Crippen LogP contribution in [0.5, 0.6) is 0 Å². The molecule has 0 spiro atoms. The molecule has 5 heteroatoms. The molecular weight excluding hydrogens is 225 g/mol. The topological polar surface area (TPSA) is 104 Å². The molecule has 4 nitrogen and oxygen atoms in total. The second-order valence-corrected chi connectivity index (χ2v) is 14.1. The van der Waals surface area contributed by atoms with E-state index >= 15 is 0 Å². The van der Waals surface area contributed by atoms with E-state index in [0.717, 1.165) is 26.2 Å². The molecule has 0 aliphatic carbocycles. The summed E-state index contributed by atoms with van der Waals surface area (Å²) >= 11 is -1.82. The summed E-state index contributed by atoms with van der Waals surface area (Å²) in [6, 6.07) is 0. The van der Waals surface area contributed by atoms with Gasteiger partial charge in [0, 0.05) is 0 Å². The first-order valence-electron chi connectivity index (χ1n) is 5.05. The normalized spacial score (nSPS) is 12.0. The van der Waals surface area contributed by atoms with Crippen molar-refractivity contribution < 1.29 is 0 Å². The molecule has 0 aliphatic rings. The Kier molecular flexibility index (Phi) is 7.98. The molecule has 0 rings (SSSR count). The van der Waals surface area contributed by atoms with Crippen LogP contribution in [0.1, 0.15) is 0 Å². The van der Waals surface area contributed by atoms with Crippen molar-refractivity contribution in [1.82, 2.24) is 0 Å². The van der Waals surface area contributed by atoms with Gasteiger partial charge in [0.15, 0.2) is 0 Å². The van der Waals surface area contributed by atoms with Crippen LogP contribution in [0, 0.1) is 0 Å². The molecule has 0 bridgehead atoms. The zero-order valence-electron chi connectivity index (χ0n) is 8.47. The number of nitrogens with two attached hydrogens (primary N) is 4. The summed E-state index contributed by atoms with van der Waals surface area (Å²) in [5.74, 6) is 0. The number of hydrogen-bond acceptors (Lipinski definition) is 4. The van der Waals surface area contributed by atoms with Crippen LogP contribution in [0.2, 0.25) is 21.0 Å². The molecular formula is C8H24GeN4. The Labute approximate surface area is 83.8 Å². The molecule has 0 atom stereocenters. The minimum absolute atomic E-state index is 0.778. The summed E-state index contributed by atoms with van der Waals surface area (Å²) in [5, 5.41) is 4.69. The van der Waals surface area contributed by atoms with Crippen LogP contribution in [0.25, 0.3) is 0 Å². The molecule has 13 heavy (non-hydrogen) atoms. The maximum atomic E-state index is 5.63. The average molecular weight is 249 g/mol. The van der Waals surface area contributed by atoms with E-state index in [0.29, 0.717) is 0 Å². The quantitative estimate of drug-likeness (QED) is 0.425. The Balaban J connectivity index is 4.19. The van der Waals surface area contributed by atoms with Crippen molar-refractivity contribution in [3.8, 4) is 0 Å². The number of hydrogen-bond donors (Lipinski definition) is 4. The standard InChI is InChI=1S/C8H24GeN4/c10-5-1-9(2-6-11,3-7-12)4-8-13/h1-8,10-13H2. The third kappa shape index (κ3) is 4.97. The fraction of sp³-hybridized carbons (Fsp3) is 1.00. The summed E-state index contributed by atoms with van der Waals surface area (Å²) in [7, 11) is 0. The van der Waals surface area contributed by atoms with E-state index in [4.69, 9.17) is 22.9 Å². The maximum absolute atomic E-state index is 5.63. The molecule has 0 heterocycles. The van der Waals surface area contributed by atoms with Crippen molar-refractivity contribution in [2.24, 2.45) is 22.9 Å². The third-order valence-electron chi connectivity index (χ3n) is 2.70. The molecule has 0 amide bonds. The molecule has 0 aromatic carbocycles. The summed E-state index contributed by atoms with van der Waals surface area (Å²) in [5.41, 5.74) is 22.5. The summed E-state index contributed by atoms with van der Waals surface area (Å²) in [6.07, 6.45) is 0. The molecule has 0 unspecified atom stereocenters. The Bertz CT molecular complexity index is 91.2. The van der Waals surface area contributed by atoms with E-state index in [9.17, 15) is 0 Å². The molecule has 0 aliphatic heterocycles.